The van der Waals surface area contributed by atoms with Crippen molar-refractivity contribution in [3.05, 3.63) is 54.1 Å². The van der Waals surface area contributed by atoms with E-state index in [2.05, 4.69) is 35.7 Å². The van der Waals surface area contributed by atoms with Crippen LogP contribution in [0.2, 0.25) is 0 Å². The molecule has 2 N–H and O–H groups in total. The van der Waals surface area contributed by atoms with Crippen LogP contribution in [0.5, 0.6) is 0 Å². The molecule has 5 heteroatoms. The van der Waals surface area contributed by atoms with Gasteiger partial charge in [-0.25, -0.2) is 4.79 Å². The van der Waals surface area contributed by atoms with E-state index in [9.17, 15) is 9.59 Å². The van der Waals surface area contributed by atoms with E-state index in [1.807, 2.05) is 18.2 Å². The molecule has 0 aromatic heterocycles. The number of benzene rings is 2. The van der Waals surface area contributed by atoms with E-state index in [1.54, 1.807) is 4.90 Å². The lowest BCUT2D eigenvalue weighted by Gasteiger charge is -2.17. The molecule has 0 fully saturated rings. The van der Waals surface area contributed by atoms with Gasteiger partial charge in [0, 0.05) is 26.1 Å². The maximum Gasteiger partial charge on any atom is 0.317 e. The number of nitrogens with zero attached hydrogens (tertiary/aromatic N) is 1. The van der Waals surface area contributed by atoms with Crippen LogP contribution in [0.25, 0.3) is 16.3 Å². The van der Waals surface area contributed by atoms with Gasteiger partial charge >= 0.3 is 12.0 Å². The summed E-state index contributed by atoms with van der Waals surface area (Å²) in [5.41, 5.74) is 2.31. The molecule has 3 rings (SSSR count). The topological polar surface area (TPSA) is 69.6 Å². The number of hydrogen-bond acceptors (Lipinski definition) is 2. The zero-order valence-corrected chi connectivity index (χ0v) is 13.4. The van der Waals surface area contributed by atoms with Gasteiger partial charge < -0.3 is 15.3 Å². The Labute approximate surface area is 140 Å². The Hall–Kier alpha value is -2.82. The molecule has 0 radical (unpaired) electrons. The van der Waals surface area contributed by atoms with Crippen molar-refractivity contribution in [2.45, 2.75) is 12.8 Å². The maximum atomic E-state index is 12.2. The Kier molecular flexibility index (Phi) is 4.79. The largest absolute Gasteiger partial charge is 0.481 e. The summed E-state index contributed by atoms with van der Waals surface area (Å²) in [5.74, 6) is -0.842. The molecule has 0 spiro atoms. The number of carboxylic acid groups (broad SMARTS) is 1. The smallest absolute Gasteiger partial charge is 0.317 e. The number of carboxylic acids is 1. The van der Waals surface area contributed by atoms with Crippen LogP contribution in [0.15, 0.2) is 48.5 Å². The Morgan fingerprint density at radius 2 is 1.92 bits per heavy atom. The quantitative estimate of drug-likeness (QED) is 0.830. The third-order valence-electron chi connectivity index (χ3n) is 4.19. The average Bonchev–Trinajstić information content (AvgIpc) is 3.08. The number of rotatable bonds is 5. The van der Waals surface area contributed by atoms with Crippen LogP contribution in [-0.2, 0) is 4.79 Å². The summed E-state index contributed by atoms with van der Waals surface area (Å²) < 4.78 is 0. The van der Waals surface area contributed by atoms with Crippen molar-refractivity contribution in [1.29, 1.82) is 0 Å². The molecule has 2 aromatic rings. The van der Waals surface area contributed by atoms with Gasteiger partial charge in [0.05, 0.1) is 0 Å². The molecular weight excluding hydrogens is 304 g/mol. The Balaban J connectivity index is 1.62. The summed E-state index contributed by atoms with van der Waals surface area (Å²) in [5, 5.41) is 13.8. The molecule has 0 atom stereocenters. The molecular formula is C19H20N2O3. The normalized spacial score (nSPS) is 13.8. The Bertz CT molecular complexity index is 793. The Morgan fingerprint density at radius 3 is 2.75 bits per heavy atom. The molecule has 0 unspecified atom stereocenters. The van der Waals surface area contributed by atoms with Crippen LogP contribution in [-0.4, -0.2) is 41.6 Å². The number of amides is 2. The lowest BCUT2D eigenvalue weighted by Crippen LogP contribution is -2.39. The van der Waals surface area contributed by atoms with Gasteiger partial charge in [-0.1, -0.05) is 48.5 Å². The molecule has 5 nitrogen and oxygen atoms in total. The number of fused-ring (bicyclic) bond motifs is 1. The van der Waals surface area contributed by atoms with Gasteiger partial charge in [0.15, 0.2) is 0 Å². The fourth-order valence-corrected chi connectivity index (χ4v) is 2.96. The average molecular weight is 324 g/mol. The zero-order valence-electron chi connectivity index (χ0n) is 13.4. The van der Waals surface area contributed by atoms with Crippen LogP contribution in [0.3, 0.4) is 0 Å². The summed E-state index contributed by atoms with van der Waals surface area (Å²) in [6, 6.07) is 14.3. The molecule has 2 amide bonds. The molecule has 2 aromatic carbocycles. The first kappa shape index (κ1) is 16.1. The summed E-state index contributed by atoms with van der Waals surface area (Å²) in [6.45, 7) is 1.52. The summed E-state index contributed by atoms with van der Waals surface area (Å²) >= 11 is 0. The molecule has 24 heavy (non-hydrogen) atoms. The van der Waals surface area contributed by atoms with Gasteiger partial charge in [-0.2, -0.15) is 0 Å². The number of carbonyl (C=O) groups excluding carboxylic acids is 1. The highest BCUT2D eigenvalue weighted by atomic mass is 16.4. The van der Waals surface area contributed by atoms with Crippen molar-refractivity contribution in [1.82, 2.24) is 10.2 Å². The van der Waals surface area contributed by atoms with E-state index in [-0.39, 0.29) is 12.5 Å². The van der Waals surface area contributed by atoms with E-state index in [0.29, 0.717) is 26.1 Å². The predicted octanol–water partition coefficient (Wildman–Crippen LogP) is 3.11. The molecule has 1 aliphatic heterocycles. The first-order valence-electron chi connectivity index (χ1n) is 8.07. The Morgan fingerprint density at radius 1 is 1.12 bits per heavy atom. The van der Waals surface area contributed by atoms with Crippen LogP contribution >= 0.6 is 0 Å². The van der Waals surface area contributed by atoms with Crippen molar-refractivity contribution in [3.8, 4) is 0 Å². The second kappa shape index (κ2) is 7.17. The molecule has 0 saturated carbocycles. The maximum absolute atomic E-state index is 12.2. The highest BCUT2D eigenvalue weighted by molar-refractivity contribution is 5.95. The summed E-state index contributed by atoms with van der Waals surface area (Å²) in [4.78, 5) is 24.4. The van der Waals surface area contributed by atoms with Crippen LogP contribution in [0.4, 0.5) is 4.79 Å². The second-order valence-electron chi connectivity index (χ2n) is 5.87. The molecule has 124 valence electrons. The first-order chi connectivity index (χ1) is 11.6. The SMILES string of the molecule is O=C(O)CCCNC(=O)N1CC=C(c2cccc3ccccc23)C1. The highest BCUT2D eigenvalue weighted by Gasteiger charge is 2.21. The fraction of sp³-hybridized carbons (Fsp3) is 0.263. The van der Waals surface area contributed by atoms with Crippen LogP contribution in [0.1, 0.15) is 18.4 Å². The number of nitrogens with one attached hydrogen (secondary N) is 1. The van der Waals surface area contributed by atoms with E-state index >= 15 is 0 Å². The number of hydrogen-bond donors (Lipinski definition) is 2. The minimum atomic E-state index is -0.842. The lowest BCUT2D eigenvalue weighted by molar-refractivity contribution is -0.137. The van der Waals surface area contributed by atoms with Crippen LogP contribution in [0, 0.1) is 0 Å². The summed E-state index contributed by atoms with van der Waals surface area (Å²) in [6.07, 6.45) is 2.59. The van der Waals surface area contributed by atoms with Gasteiger partial charge in [0.1, 0.15) is 0 Å². The van der Waals surface area contributed by atoms with Crippen molar-refractivity contribution in [2.24, 2.45) is 0 Å². The zero-order chi connectivity index (χ0) is 16.9. The van der Waals surface area contributed by atoms with Gasteiger partial charge in [-0.3, -0.25) is 4.79 Å². The predicted molar refractivity (Wildman–Crippen MR) is 93.8 cm³/mol. The van der Waals surface area contributed by atoms with Crippen LogP contribution < -0.4 is 5.32 Å². The van der Waals surface area contributed by atoms with E-state index in [4.69, 9.17) is 5.11 Å². The van der Waals surface area contributed by atoms with Gasteiger partial charge in [-0.15, -0.1) is 0 Å². The third-order valence-corrected chi connectivity index (χ3v) is 4.19. The van der Waals surface area contributed by atoms with Crippen molar-refractivity contribution in [2.75, 3.05) is 19.6 Å². The monoisotopic (exact) mass is 324 g/mol. The number of aliphatic carboxylic acids is 1. The summed E-state index contributed by atoms with van der Waals surface area (Å²) in [7, 11) is 0. The lowest BCUT2D eigenvalue weighted by atomic mass is 9.99. The minimum Gasteiger partial charge on any atom is -0.481 e. The van der Waals surface area contributed by atoms with Crippen molar-refractivity contribution in [3.63, 3.8) is 0 Å². The molecule has 1 heterocycles. The van der Waals surface area contributed by atoms with Crippen molar-refractivity contribution >= 4 is 28.3 Å². The standard InChI is InChI=1S/C19H20N2O3/c22-18(23)9-4-11-20-19(24)21-12-10-15(13-21)17-8-3-6-14-5-1-2-7-16(14)17/h1-3,5-8,10H,4,9,11-13H2,(H,20,24)(H,22,23). The molecule has 0 aliphatic carbocycles. The fourth-order valence-electron chi connectivity index (χ4n) is 2.96. The molecule has 0 saturated heterocycles. The van der Waals surface area contributed by atoms with E-state index in [0.717, 1.165) is 11.1 Å². The first-order valence-corrected chi connectivity index (χ1v) is 8.07. The third kappa shape index (κ3) is 3.56. The van der Waals surface area contributed by atoms with E-state index < -0.39 is 5.97 Å². The molecule has 1 aliphatic rings. The second-order valence-corrected chi connectivity index (χ2v) is 5.87. The molecule has 0 bridgehead atoms. The van der Waals surface area contributed by atoms with Gasteiger partial charge in [0.2, 0.25) is 0 Å². The number of urea groups is 1. The number of carbonyl (C=O) groups is 2. The van der Waals surface area contributed by atoms with Crippen molar-refractivity contribution < 1.29 is 14.7 Å². The highest BCUT2D eigenvalue weighted by Crippen LogP contribution is 2.28. The van der Waals surface area contributed by atoms with E-state index in [1.165, 1.54) is 10.8 Å². The van der Waals surface area contributed by atoms with Gasteiger partial charge in [0.25, 0.3) is 0 Å². The van der Waals surface area contributed by atoms with Gasteiger partial charge in [-0.05, 0) is 28.3 Å². The minimum absolute atomic E-state index is 0.0692.